The molecule has 2 rings (SSSR count). The fourth-order valence-electron chi connectivity index (χ4n) is 1.77. The predicted octanol–water partition coefficient (Wildman–Crippen LogP) is 4.74. The number of rotatable bonds is 2. The van der Waals surface area contributed by atoms with E-state index in [1.165, 1.54) is 6.92 Å². The van der Waals surface area contributed by atoms with Crippen LogP contribution in [0.5, 0.6) is 0 Å². The highest BCUT2D eigenvalue weighted by Gasteiger charge is 2.35. The maximum Gasteiger partial charge on any atom is 0.417 e. The molecule has 1 heterocycles. The molecule has 2 aromatic rings. The summed E-state index contributed by atoms with van der Waals surface area (Å²) >= 11 is 1.06. The van der Waals surface area contributed by atoms with Gasteiger partial charge in [0.15, 0.2) is 0 Å². The largest absolute Gasteiger partial charge is 0.417 e. The second-order valence-electron chi connectivity index (χ2n) is 4.52. The fraction of sp³-hybridized carbons (Fsp3) is 0.200. The quantitative estimate of drug-likeness (QED) is 0.804. The molecule has 0 bridgehead atoms. The van der Waals surface area contributed by atoms with Gasteiger partial charge >= 0.3 is 6.18 Å². The van der Waals surface area contributed by atoms with Crippen molar-refractivity contribution in [2.75, 3.05) is 0 Å². The van der Waals surface area contributed by atoms with Crippen molar-refractivity contribution in [2.45, 2.75) is 29.9 Å². The van der Waals surface area contributed by atoms with E-state index in [9.17, 15) is 13.2 Å². The van der Waals surface area contributed by atoms with E-state index in [0.29, 0.717) is 0 Å². The van der Waals surface area contributed by atoms with E-state index in [0.717, 1.165) is 28.3 Å². The van der Waals surface area contributed by atoms with Gasteiger partial charge in [0, 0.05) is 10.6 Å². The van der Waals surface area contributed by atoms with Crippen LogP contribution in [0.2, 0.25) is 0 Å². The maximum atomic E-state index is 13.0. The summed E-state index contributed by atoms with van der Waals surface area (Å²) in [6, 6.07) is 9.82. The van der Waals surface area contributed by atoms with Crippen molar-refractivity contribution in [3.8, 4) is 6.07 Å². The number of nitriles is 1. The number of aryl methyl sites for hydroxylation is 2. The smallest absolute Gasteiger partial charge is 0.245 e. The molecule has 0 saturated carbocycles. The molecule has 0 fully saturated rings. The molecule has 0 spiro atoms. The summed E-state index contributed by atoms with van der Waals surface area (Å²) in [5, 5.41) is 9.15. The summed E-state index contributed by atoms with van der Waals surface area (Å²) in [5.41, 5.74) is -0.0882. The average molecular weight is 308 g/mol. The molecule has 0 unspecified atom stereocenters. The predicted molar refractivity (Wildman–Crippen MR) is 74.0 cm³/mol. The first-order valence-electron chi connectivity index (χ1n) is 6.04. The van der Waals surface area contributed by atoms with Crippen LogP contribution in [-0.4, -0.2) is 4.98 Å². The first-order chi connectivity index (χ1) is 9.81. The standard InChI is InChI=1S/C15H11F3N2S/c1-9-3-5-11(6-4-9)21-14-12(8-19)13(15(16,17)18)7-10(2)20-14/h3-7H,1-2H3. The molecule has 2 nitrogen and oxygen atoms in total. The van der Waals surface area contributed by atoms with Crippen molar-refractivity contribution in [3.63, 3.8) is 0 Å². The SMILES string of the molecule is Cc1ccc(Sc2nc(C)cc(C(F)(F)F)c2C#N)cc1. The minimum Gasteiger partial charge on any atom is -0.245 e. The van der Waals surface area contributed by atoms with Gasteiger partial charge in [-0.25, -0.2) is 4.98 Å². The zero-order chi connectivity index (χ0) is 15.6. The number of benzene rings is 1. The third-order valence-corrected chi connectivity index (χ3v) is 3.76. The van der Waals surface area contributed by atoms with Crippen molar-refractivity contribution < 1.29 is 13.2 Å². The van der Waals surface area contributed by atoms with Crippen LogP contribution < -0.4 is 0 Å². The zero-order valence-corrected chi connectivity index (χ0v) is 12.1. The van der Waals surface area contributed by atoms with E-state index in [1.54, 1.807) is 18.2 Å². The van der Waals surface area contributed by atoms with E-state index >= 15 is 0 Å². The van der Waals surface area contributed by atoms with Crippen molar-refractivity contribution in [1.82, 2.24) is 4.98 Å². The normalized spacial score (nSPS) is 11.2. The lowest BCUT2D eigenvalue weighted by molar-refractivity contribution is -0.138. The van der Waals surface area contributed by atoms with E-state index in [2.05, 4.69) is 4.98 Å². The van der Waals surface area contributed by atoms with Crippen molar-refractivity contribution >= 4 is 11.8 Å². The Hall–Kier alpha value is -2.00. The number of hydrogen-bond acceptors (Lipinski definition) is 3. The first-order valence-corrected chi connectivity index (χ1v) is 6.86. The summed E-state index contributed by atoms with van der Waals surface area (Å²) in [4.78, 5) is 4.82. The number of nitrogens with zero attached hydrogens (tertiary/aromatic N) is 2. The third-order valence-electron chi connectivity index (χ3n) is 2.77. The van der Waals surface area contributed by atoms with Crippen LogP contribution in [0.15, 0.2) is 40.3 Å². The van der Waals surface area contributed by atoms with Gasteiger partial charge in [0.25, 0.3) is 0 Å². The Bertz CT molecular complexity index is 701. The average Bonchev–Trinajstić information content (AvgIpc) is 2.40. The highest BCUT2D eigenvalue weighted by atomic mass is 32.2. The molecule has 108 valence electrons. The van der Waals surface area contributed by atoms with Gasteiger partial charge in [0.1, 0.15) is 11.1 Å². The van der Waals surface area contributed by atoms with E-state index in [-0.39, 0.29) is 10.7 Å². The van der Waals surface area contributed by atoms with Crippen molar-refractivity contribution in [3.05, 3.63) is 52.7 Å². The minimum atomic E-state index is -4.57. The molecular weight excluding hydrogens is 297 g/mol. The Morgan fingerprint density at radius 2 is 1.76 bits per heavy atom. The Morgan fingerprint density at radius 3 is 2.29 bits per heavy atom. The van der Waals surface area contributed by atoms with Gasteiger partial charge in [-0.1, -0.05) is 29.5 Å². The summed E-state index contributed by atoms with van der Waals surface area (Å²) in [5.74, 6) is 0. The molecule has 0 N–H and O–H groups in total. The fourth-order valence-corrected chi connectivity index (χ4v) is 2.71. The lowest BCUT2D eigenvalue weighted by Crippen LogP contribution is -2.10. The number of hydrogen-bond donors (Lipinski definition) is 0. The molecule has 0 radical (unpaired) electrons. The van der Waals surface area contributed by atoms with Gasteiger partial charge in [-0.3, -0.25) is 0 Å². The lowest BCUT2D eigenvalue weighted by Gasteiger charge is -2.12. The van der Waals surface area contributed by atoms with Gasteiger partial charge in [-0.05, 0) is 32.0 Å². The summed E-state index contributed by atoms with van der Waals surface area (Å²) < 4.78 is 39.0. The van der Waals surface area contributed by atoms with Gasteiger partial charge in [0.2, 0.25) is 0 Å². The Labute approximate surface area is 124 Å². The van der Waals surface area contributed by atoms with Crippen molar-refractivity contribution in [2.24, 2.45) is 0 Å². The van der Waals surface area contributed by atoms with Crippen LogP contribution in [0.3, 0.4) is 0 Å². The number of halogens is 3. The lowest BCUT2D eigenvalue weighted by atomic mass is 10.1. The van der Waals surface area contributed by atoms with E-state index in [4.69, 9.17) is 5.26 Å². The van der Waals surface area contributed by atoms with Gasteiger partial charge in [-0.15, -0.1) is 0 Å². The molecule has 1 aromatic carbocycles. The monoisotopic (exact) mass is 308 g/mol. The van der Waals surface area contributed by atoms with Gasteiger partial charge < -0.3 is 0 Å². The molecule has 0 aliphatic rings. The van der Waals surface area contributed by atoms with Crippen LogP contribution in [0, 0.1) is 25.2 Å². The maximum absolute atomic E-state index is 13.0. The van der Waals surface area contributed by atoms with Crippen molar-refractivity contribution in [1.29, 1.82) is 5.26 Å². The van der Waals surface area contributed by atoms with Crippen LogP contribution in [0.4, 0.5) is 13.2 Å². The molecule has 0 atom stereocenters. The Kier molecular flexibility index (Phi) is 4.24. The Balaban J connectivity index is 2.51. The first kappa shape index (κ1) is 15.4. The molecule has 6 heteroatoms. The number of alkyl halides is 3. The highest BCUT2D eigenvalue weighted by molar-refractivity contribution is 7.99. The summed E-state index contributed by atoms with van der Waals surface area (Å²) in [6.07, 6.45) is -4.57. The van der Waals surface area contributed by atoms with E-state index in [1.807, 2.05) is 19.1 Å². The number of pyridine rings is 1. The second-order valence-corrected chi connectivity index (χ2v) is 5.58. The van der Waals surface area contributed by atoms with Crippen LogP contribution >= 0.6 is 11.8 Å². The zero-order valence-electron chi connectivity index (χ0n) is 11.3. The second kappa shape index (κ2) is 5.78. The molecule has 0 aliphatic heterocycles. The topological polar surface area (TPSA) is 36.7 Å². The number of aromatic nitrogens is 1. The summed E-state index contributed by atoms with van der Waals surface area (Å²) in [6.45, 7) is 3.40. The molecule has 21 heavy (non-hydrogen) atoms. The molecule has 0 amide bonds. The summed E-state index contributed by atoms with van der Waals surface area (Å²) in [7, 11) is 0. The highest BCUT2D eigenvalue weighted by Crippen LogP contribution is 2.37. The van der Waals surface area contributed by atoms with Crippen LogP contribution in [0.1, 0.15) is 22.4 Å². The Morgan fingerprint density at radius 1 is 1.14 bits per heavy atom. The molecular formula is C15H11F3N2S. The van der Waals surface area contributed by atoms with Gasteiger partial charge in [-0.2, -0.15) is 18.4 Å². The molecule has 1 aromatic heterocycles. The molecule has 0 saturated heterocycles. The van der Waals surface area contributed by atoms with Crippen LogP contribution in [0.25, 0.3) is 0 Å². The van der Waals surface area contributed by atoms with E-state index < -0.39 is 17.3 Å². The van der Waals surface area contributed by atoms with Gasteiger partial charge in [0.05, 0.1) is 11.1 Å². The molecule has 0 aliphatic carbocycles. The minimum absolute atomic E-state index is 0.0775. The van der Waals surface area contributed by atoms with Crippen LogP contribution in [-0.2, 0) is 6.18 Å². The third kappa shape index (κ3) is 3.56.